The molecule has 0 fully saturated rings. The highest BCUT2D eigenvalue weighted by Gasteiger charge is 2.38. The maximum absolute atomic E-state index is 12.9. The van der Waals surface area contributed by atoms with E-state index < -0.39 is 8.56 Å². The molecule has 0 saturated carbocycles. The first kappa shape index (κ1) is 54.1. The second-order valence-electron chi connectivity index (χ2n) is 16.1. The summed E-state index contributed by atoms with van der Waals surface area (Å²) >= 11 is 3.82. The van der Waals surface area contributed by atoms with Crippen molar-refractivity contribution in [3.63, 3.8) is 0 Å². The van der Waals surface area contributed by atoms with E-state index in [-0.39, 0.29) is 11.9 Å². The lowest BCUT2D eigenvalue weighted by molar-refractivity contribution is -0.141. The van der Waals surface area contributed by atoms with E-state index in [2.05, 4.69) is 33.0 Å². The third-order valence-corrected chi connectivity index (χ3v) is 13.2. The quantitative estimate of drug-likeness (QED) is 0.0378. The van der Waals surface area contributed by atoms with Crippen molar-refractivity contribution >= 4 is 38.3 Å². The van der Waals surface area contributed by atoms with Gasteiger partial charge in [0, 0.05) is 25.4 Å². The third-order valence-electron chi connectivity index (χ3n) is 10.6. The summed E-state index contributed by atoms with van der Waals surface area (Å²) in [5.74, 6) is -0.306. The van der Waals surface area contributed by atoms with Crippen molar-refractivity contribution in [3.8, 4) is 0 Å². The molecule has 316 valence electrons. The lowest BCUT2D eigenvalue weighted by Gasteiger charge is -2.26. The van der Waals surface area contributed by atoms with Gasteiger partial charge in [-0.25, -0.2) is 0 Å². The van der Waals surface area contributed by atoms with Crippen LogP contribution in [0.2, 0.25) is 12.6 Å². The van der Waals surface area contributed by atoms with Crippen LogP contribution in [0.5, 0.6) is 0 Å². The molecule has 0 unspecified atom stereocenters. The van der Waals surface area contributed by atoms with E-state index in [4.69, 9.17) is 14.0 Å². The fourth-order valence-corrected chi connectivity index (χ4v) is 9.52. The van der Waals surface area contributed by atoms with Gasteiger partial charge < -0.3 is 14.0 Å². The van der Waals surface area contributed by atoms with Gasteiger partial charge in [0.25, 0.3) is 11.9 Å². The number of aliphatic hydroxyl groups is 1. The van der Waals surface area contributed by atoms with E-state index in [9.17, 15) is 9.59 Å². The van der Waals surface area contributed by atoms with E-state index in [1.807, 2.05) is 6.55 Å². The number of aliphatic hydroxyl groups excluding tert-OH is 1. The van der Waals surface area contributed by atoms with Gasteiger partial charge in [0.1, 0.15) is 5.55 Å². The molecule has 0 bridgehead atoms. The number of carbonyl (C=O) groups excluding carboxylic acids is 2. The first-order chi connectivity index (χ1) is 25.9. The molecule has 0 aliphatic carbocycles. The molecule has 0 aliphatic rings. The van der Waals surface area contributed by atoms with E-state index in [1.165, 1.54) is 193 Å². The summed E-state index contributed by atoms with van der Waals surface area (Å²) < 4.78 is 12.1. The molecule has 7 heteroatoms. The highest BCUT2D eigenvalue weighted by molar-refractivity contribution is 7.78. The average molecular weight is 785 g/mol. The van der Waals surface area contributed by atoms with Crippen molar-refractivity contribution in [3.05, 3.63) is 0 Å². The summed E-state index contributed by atoms with van der Waals surface area (Å²) in [6.07, 6.45) is 47.4. The molecule has 0 aromatic heterocycles. The number of thiocarbonyl (C=S) groups is 1. The smallest absolute Gasteiger partial charge is 0.461 e. The van der Waals surface area contributed by atoms with Crippen molar-refractivity contribution in [1.82, 2.24) is 0 Å². The molecule has 0 aromatic rings. The van der Waals surface area contributed by atoms with Crippen molar-refractivity contribution in [1.29, 1.82) is 0 Å². The lowest BCUT2D eigenvalue weighted by Crippen LogP contribution is -2.42. The Hall–Kier alpha value is -0.953. The number of carbonyl (C=O) groups is 2. The highest BCUT2D eigenvalue weighted by Crippen LogP contribution is 2.23. The van der Waals surface area contributed by atoms with Crippen molar-refractivity contribution in [2.45, 2.75) is 277 Å². The molecule has 5 nitrogen and oxygen atoms in total. The maximum Gasteiger partial charge on any atom is 0.461 e. The molecule has 0 spiro atoms. The Kier molecular flexibility index (Phi) is 46.4. The predicted octanol–water partition coefficient (Wildman–Crippen LogP) is 16.5. The van der Waals surface area contributed by atoms with Crippen LogP contribution in [0.1, 0.15) is 265 Å². The Morgan fingerprint density at radius 3 is 0.830 bits per heavy atom. The molecule has 0 radical (unpaired) electrons. The number of hydrogen-bond donors (Lipinski definition) is 1. The van der Waals surface area contributed by atoms with Gasteiger partial charge >= 0.3 is 8.56 Å². The summed E-state index contributed by atoms with van der Waals surface area (Å²) in [6.45, 7) is 8.76. The van der Waals surface area contributed by atoms with Crippen LogP contribution in [-0.4, -0.2) is 31.2 Å². The maximum atomic E-state index is 12.9. The van der Waals surface area contributed by atoms with E-state index in [0.29, 0.717) is 18.4 Å². The molecular weight excluding hydrogens is 693 g/mol. The van der Waals surface area contributed by atoms with Gasteiger partial charge in [0.15, 0.2) is 0 Å². The summed E-state index contributed by atoms with van der Waals surface area (Å²) in [4.78, 5) is 25.8. The molecule has 0 atom stereocenters. The first-order valence-electron chi connectivity index (χ1n) is 23.4. The number of rotatable bonds is 41. The summed E-state index contributed by atoms with van der Waals surface area (Å²) in [5.41, 5.74) is 0.583. The van der Waals surface area contributed by atoms with Crippen LogP contribution >= 0.6 is 12.2 Å². The van der Waals surface area contributed by atoms with Crippen molar-refractivity contribution in [2.75, 3.05) is 0 Å². The molecule has 0 aromatic carbocycles. The monoisotopic (exact) mass is 785 g/mol. The van der Waals surface area contributed by atoms with Gasteiger partial charge in [-0.15, -0.1) is 0 Å². The molecule has 0 saturated heterocycles. The molecule has 0 heterocycles. The number of unbranched alkanes of at least 4 members (excludes halogenated alkanes) is 33. The second-order valence-corrected chi connectivity index (χ2v) is 19.5. The van der Waals surface area contributed by atoms with Gasteiger partial charge in [-0.05, 0) is 31.5 Å². The average Bonchev–Trinajstić information content (AvgIpc) is 3.13. The minimum Gasteiger partial charge on any atom is -0.504 e. The van der Waals surface area contributed by atoms with E-state index in [1.54, 1.807) is 0 Å². The molecule has 53 heavy (non-hydrogen) atoms. The molecule has 0 aliphatic heterocycles. The Morgan fingerprint density at radius 2 is 0.604 bits per heavy atom. The normalized spacial score (nSPS) is 11.2. The second kappa shape index (κ2) is 45.4. The summed E-state index contributed by atoms with van der Waals surface area (Å²) in [7, 11) is -2.86. The van der Waals surface area contributed by atoms with Gasteiger partial charge in [0.05, 0.1) is 0 Å². The van der Waals surface area contributed by atoms with Crippen LogP contribution in [0.25, 0.3) is 0 Å². The Labute approximate surface area is 337 Å². The predicted molar refractivity (Wildman–Crippen MR) is 237 cm³/mol. The van der Waals surface area contributed by atoms with Crippen LogP contribution in [0.15, 0.2) is 0 Å². The lowest BCUT2D eigenvalue weighted by atomic mass is 10.0. The minimum absolute atomic E-state index is 0.153. The van der Waals surface area contributed by atoms with Crippen molar-refractivity contribution < 1.29 is 23.5 Å². The minimum atomic E-state index is -2.86. The van der Waals surface area contributed by atoms with E-state index in [0.717, 1.165) is 44.6 Å². The zero-order valence-electron chi connectivity index (χ0n) is 36.1. The standard InChI is InChI=1S/C45H90O4Si.CH2OS/c1-5-8-11-14-17-19-21-23-25-27-29-31-33-35-38-41-44(46)48-50(4,43-40-37-16-13-10-7-3)49-45(47)42-39-36-34-32-30-28-26-24-22-20-18-15-12-9-6-2;2-1-3/h5-43H2,1-4H3;1H,(H,2,3). The Bertz CT molecular complexity index is 716. The first-order valence-corrected chi connectivity index (χ1v) is 26.4. The van der Waals surface area contributed by atoms with Gasteiger partial charge in [-0.3, -0.25) is 9.59 Å². The molecule has 0 rings (SSSR count). The van der Waals surface area contributed by atoms with Crippen LogP contribution < -0.4 is 0 Å². The van der Waals surface area contributed by atoms with Gasteiger partial charge in [0.2, 0.25) is 0 Å². The van der Waals surface area contributed by atoms with Gasteiger partial charge in [-0.1, -0.05) is 233 Å². The summed E-state index contributed by atoms with van der Waals surface area (Å²) in [6, 6.07) is 0.730. The third kappa shape index (κ3) is 45.3. The zero-order valence-corrected chi connectivity index (χ0v) is 38.0. The fraction of sp³-hybridized carbons (Fsp3) is 0.935. The van der Waals surface area contributed by atoms with Crippen molar-refractivity contribution in [2.24, 2.45) is 0 Å². The largest absolute Gasteiger partial charge is 0.504 e. The molecular formula is C46H92O5SSi. The van der Waals surface area contributed by atoms with E-state index >= 15 is 0 Å². The van der Waals surface area contributed by atoms with Gasteiger partial charge in [-0.2, -0.15) is 0 Å². The SMILES string of the molecule is CCCCCCCCCCCCCCCCCC(=O)O[Si](C)(CCCCCCCC)OC(=O)CCCCCCCCCCCCCCCCC.OC=S. The van der Waals surface area contributed by atoms with Crippen LogP contribution in [-0.2, 0) is 18.4 Å². The van der Waals surface area contributed by atoms with Crippen LogP contribution in [0.3, 0.4) is 0 Å². The molecule has 1 N–H and O–H groups in total. The zero-order chi connectivity index (χ0) is 39.4. The Morgan fingerprint density at radius 1 is 0.415 bits per heavy atom. The van der Waals surface area contributed by atoms with Crippen LogP contribution in [0.4, 0.5) is 0 Å². The molecule has 0 amide bonds. The highest BCUT2D eigenvalue weighted by atomic mass is 32.1. The Balaban J connectivity index is 0. The van der Waals surface area contributed by atoms with Crippen LogP contribution in [0, 0.1) is 0 Å². The summed E-state index contributed by atoms with van der Waals surface area (Å²) in [5, 5.41) is 7.26. The topological polar surface area (TPSA) is 72.8 Å². The fourth-order valence-electron chi connectivity index (χ4n) is 7.21. The number of hydrogen-bond acceptors (Lipinski definition) is 5.